The van der Waals surface area contributed by atoms with Crippen molar-refractivity contribution >= 4 is 27.5 Å². The number of sulfonamides is 1. The number of carbonyl (C=O) groups is 1. The quantitative estimate of drug-likeness (QED) is 0.483. The average molecular weight is 285 g/mol. The summed E-state index contributed by atoms with van der Waals surface area (Å²) in [5, 5.41) is 2.63. The maximum absolute atomic E-state index is 11.4. The number of unbranched alkanes of at least 4 members (excludes halogenated alkanes) is 1. The molecule has 0 aliphatic heterocycles. The Morgan fingerprint density at radius 1 is 1.29 bits per heavy atom. The zero-order chi connectivity index (χ0) is 13.3. The van der Waals surface area contributed by atoms with E-state index in [1.54, 1.807) is 0 Å². The molecule has 7 heteroatoms. The fourth-order valence-corrected chi connectivity index (χ4v) is 2.28. The lowest BCUT2D eigenvalue weighted by atomic mass is 10.2. The lowest BCUT2D eigenvalue weighted by Gasteiger charge is -2.09. The molecule has 0 unspecified atom stereocenters. The van der Waals surface area contributed by atoms with E-state index in [1.165, 1.54) is 0 Å². The van der Waals surface area contributed by atoms with Gasteiger partial charge < -0.3 is 5.32 Å². The first-order valence-corrected chi connectivity index (χ1v) is 7.86. The zero-order valence-corrected chi connectivity index (χ0v) is 11.9. The van der Waals surface area contributed by atoms with Crippen LogP contribution in [0.5, 0.6) is 0 Å². The third-order valence-electron chi connectivity index (χ3n) is 1.96. The van der Waals surface area contributed by atoms with Crippen LogP contribution in [0, 0.1) is 5.92 Å². The van der Waals surface area contributed by atoms with Crippen LogP contribution in [0.3, 0.4) is 0 Å². The van der Waals surface area contributed by atoms with E-state index >= 15 is 0 Å². The van der Waals surface area contributed by atoms with Gasteiger partial charge in [-0.1, -0.05) is 13.8 Å². The SMILES string of the molecule is CC(C)CNC(=O)CNS(=O)(=O)CCCCCl. The Hall–Kier alpha value is -0.330. The topological polar surface area (TPSA) is 75.3 Å². The Labute approximate surface area is 108 Å². The van der Waals surface area contributed by atoms with Crippen LogP contribution in [0.15, 0.2) is 0 Å². The van der Waals surface area contributed by atoms with Crippen molar-refractivity contribution in [3.8, 4) is 0 Å². The predicted octanol–water partition coefficient (Wildman–Crippen LogP) is 0.697. The molecule has 0 atom stereocenters. The van der Waals surface area contributed by atoms with Gasteiger partial charge in [0.2, 0.25) is 15.9 Å². The molecule has 17 heavy (non-hydrogen) atoms. The van der Waals surface area contributed by atoms with Gasteiger partial charge >= 0.3 is 0 Å². The Bertz CT molecular complexity index is 318. The van der Waals surface area contributed by atoms with E-state index < -0.39 is 10.0 Å². The number of halogens is 1. The molecular formula is C10H21ClN2O3S. The van der Waals surface area contributed by atoms with Crippen molar-refractivity contribution in [1.29, 1.82) is 0 Å². The van der Waals surface area contributed by atoms with Crippen molar-refractivity contribution in [3.63, 3.8) is 0 Å². The molecule has 0 radical (unpaired) electrons. The highest BCUT2D eigenvalue weighted by Crippen LogP contribution is 1.96. The lowest BCUT2D eigenvalue weighted by Crippen LogP contribution is -2.39. The molecule has 0 aliphatic carbocycles. The van der Waals surface area contributed by atoms with Crippen LogP contribution in [0.2, 0.25) is 0 Å². The maximum atomic E-state index is 11.4. The van der Waals surface area contributed by atoms with Crippen molar-refractivity contribution in [3.05, 3.63) is 0 Å². The number of alkyl halides is 1. The summed E-state index contributed by atoms with van der Waals surface area (Å²) < 4.78 is 25.1. The van der Waals surface area contributed by atoms with Gasteiger partial charge in [-0.25, -0.2) is 13.1 Å². The summed E-state index contributed by atoms with van der Waals surface area (Å²) in [7, 11) is -3.36. The normalized spacial score (nSPS) is 11.8. The van der Waals surface area contributed by atoms with Crippen LogP contribution in [0.25, 0.3) is 0 Å². The lowest BCUT2D eigenvalue weighted by molar-refractivity contribution is -0.120. The number of carbonyl (C=O) groups excluding carboxylic acids is 1. The fraction of sp³-hybridized carbons (Fsp3) is 0.900. The van der Waals surface area contributed by atoms with Crippen LogP contribution in [0.1, 0.15) is 26.7 Å². The molecule has 2 N–H and O–H groups in total. The highest BCUT2D eigenvalue weighted by molar-refractivity contribution is 7.89. The molecule has 0 aromatic rings. The van der Waals surface area contributed by atoms with Gasteiger partial charge in [0.15, 0.2) is 0 Å². The summed E-state index contributed by atoms with van der Waals surface area (Å²) in [5.74, 6) is 0.501. The van der Waals surface area contributed by atoms with Crippen molar-refractivity contribution in [2.45, 2.75) is 26.7 Å². The molecular weight excluding hydrogens is 264 g/mol. The highest BCUT2D eigenvalue weighted by Gasteiger charge is 2.11. The van der Waals surface area contributed by atoms with Gasteiger partial charge in [-0.15, -0.1) is 11.6 Å². The van der Waals surface area contributed by atoms with Crippen molar-refractivity contribution in [1.82, 2.24) is 10.0 Å². The Kier molecular flexibility index (Phi) is 8.55. The van der Waals surface area contributed by atoms with Gasteiger partial charge in [-0.2, -0.15) is 0 Å². The number of hydrogen-bond donors (Lipinski definition) is 2. The van der Waals surface area contributed by atoms with Gasteiger partial charge in [0.25, 0.3) is 0 Å². The van der Waals surface area contributed by atoms with E-state index in [2.05, 4.69) is 10.0 Å². The molecule has 0 heterocycles. The van der Waals surface area contributed by atoms with Crippen LogP contribution in [0.4, 0.5) is 0 Å². The number of nitrogens with one attached hydrogen (secondary N) is 2. The molecule has 0 fully saturated rings. The van der Waals surface area contributed by atoms with Crippen LogP contribution >= 0.6 is 11.6 Å². The summed E-state index contributed by atoms with van der Waals surface area (Å²) in [6, 6.07) is 0. The first-order valence-electron chi connectivity index (χ1n) is 5.67. The molecule has 0 bridgehead atoms. The maximum Gasteiger partial charge on any atom is 0.235 e. The summed E-state index contributed by atoms with van der Waals surface area (Å²) in [6.45, 7) is 4.29. The second-order valence-electron chi connectivity index (χ2n) is 4.23. The third-order valence-corrected chi connectivity index (χ3v) is 3.63. The van der Waals surface area contributed by atoms with Gasteiger partial charge in [0.1, 0.15) is 0 Å². The zero-order valence-electron chi connectivity index (χ0n) is 10.3. The molecule has 0 aromatic carbocycles. The van der Waals surface area contributed by atoms with Gasteiger partial charge in [-0.3, -0.25) is 4.79 Å². The van der Waals surface area contributed by atoms with Gasteiger partial charge in [-0.05, 0) is 18.8 Å². The largest absolute Gasteiger partial charge is 0.355 e. The minimum atomic E-state index is -3.36. The molecule has 102 valence electrons. The van der Waals surface area contributed by atoms with E-state index in [0.717, 1.165) is 0 Å². The van der Waals surface area contributed by atoms with Crippen molar-refractivity contribution in [2.24, 2.45) is 5.92 Å². The Morgan fingerprint density at radius 2 is 1.94 bits per heavy atom. The minimum absolute atomic E-state index is 0.0111. The second-order valence-corrected chi connectivity index (χ2v) is 6.54. The number of amides is 1. The van der Waals surface area contributed by atoms with E-state index in [0.29, 0.717) is 31.2 Å². The monoisotopic (exact) mass is 284 g/mol. The van der Waals surface area contributed by atoms with Crippen LogP contribution in [-0.2, 0) is 14.8 Å². The Morgan fingerprint density at radius 3 is 2.47 bits per heavy atom. The van der Waals surface area contributed by atoms with Crippen molar-refractivity contribution < 1.29 is 13.2 Å². The van der Waals surface area contributed by atoms with Gasteiger partial charge in [0.05, 0.1) is 12.3 Å². The molecule has 1 amide bonds. The van der Waals surface area contributed by atoms with E-state index in [-0.39, 0.29) is 18.2 Å². The molecule has 0 aliphatic rings. The molecule has 0 rings (SSSR count). The average Bonchev–Trinajstić information content (AvgIpc) is 2.24. The molecule has 0 saturated heterocycles. The summed E-state index contributed by atoms with van der Waals surface area (Å²) in [6.07, 6.45) is 1.16. The summed E-state index contributed by atoms with van der Waals surface area (Å²) in [5.41, 5.74) is 0. The first kappa shape index (κ1) is 16.7. The predicted molar refractivity (Wildman–Crippen MR) is 69.6 cm³/mol. The number of rotatable bonds is 9. The molecule has 0 aromatic heterocycles. The molecule has 5 nitrogen and oxygen atoms in total. The fourth-order valence-electron chi connectivity index (χ4n) is 1.01. The van der Waals surface area contributed by atoms with Crippen LogP contribution in [-0.4, -0.2) is 39.0 Å². The smallest absolute Gasteiger partial charge is 0.235 e. The third kappa shape index (κ3) is 10.5. The summed E-state index contributed by atoms with van der Waals surface area (Å²) >= 11 is 5.45. The highest BCUT2D eigenvalue weighted by atomic mass is 35.5. The number of hydrogen-bond acceptors (Lipinski definition) is 3. The minimum Gasteiger partial charge on any atom is -0.355 e. The second kappa shape index (κ2) is 8.72. The molecule has 0 spiro atoms. The van der Waals surface area contributed by atoms with E-state index in [4.69, 9.17) is 11.6 Å². The summed E-state index contributed by atoms with van der Waals surface area (Å²) in [4.78, 5) is 11.3. The first-order chi connectivity index (χ1) is 7.87. The van der Waals surface area contributed by atoms with Gasteiger partial charge in [0, 0.05) is 12.4 Å². The Balaban J connectivity index is 3.81. The van der Waals surface area contributed by atoms with Crippen molar-refractivity contribution in [2.75, 3.05) is 24.7 Å². The van der Waals surface area contributed by atoms with Crippen LogP contribution < -0.4 is 10.0 Å². The molecule has 0 saturated carbocycles. The van der Waals surface area contributed by atoms with E-state index in [1.807, 2.05) is 13.8 Å². The van der Waals surface area contributed by atoms with E-state index in [9.17, 15) is 13.2 Å². The standard InChI is InChI=1S/C10H21ClN2O3S/c1-9(2)7-12-10(14)8-13-17(15,16)6-4-3-5-11/h9,13H,3-8H2,1-2H3,(H,12,14).